The Morgan fingerprint density at radius 1 is 1.03 bits per heavy atom. The molecule has 1 amide bonds. The van der Waals surface area contributed by atoms with Crippen molar-refractivity contribution in [1.29, 1.82) is 0 Å². The molecule has 8 heteroatoms. The number of nitrogens with one attached hydrogen (secondary N) is 2. The molecule has 4 aromatic rings. The Labute approximate surface area is 206 Å². The fourth-order valence-electron chi connectivity index (χ4n) is 5.03. The van der Waals surface area contributed by atoms with Crippen molar-refractivity contribution in [2.24, 2.45) is 0 Å². The molecule has 2 N–H and O–H groups in total. The van der Waals surface area contributed by atoms with Gasteiger partial charge in [-0.05, 0) is 67.8 Å². The highest BCUT2D eigenvalue weighted by Crippen LogP contribution is 2.38. The van der Waals surface area contributed by atoms with Crippen LogP contribution in [-0.4, -0.2) is 22.2 Å². The quantitative estimate of drug-likeness (QED) is 0.314. The van der Waals surface area contributed by atoms with Gasteiger partial charge in [0.05, 0.1) is 16.7 Å². The van der Waals surface area contributed by atoms with Crippen molar-refractivity contribution in [1.82, 2.24) is 15.3 Å². The van der Waals surface area contributed by atoms with Gasteiger partial charge < -0.3 is 15.0 Å². The monoisotopic (exact) mass is 493 g/mol. The van der Waals surface area contributed by atoms with Crippen molar-refractivity contribution in [3.8, 4) is 17.0 Å². The molecule has 1 fully saturated rings. The number of fused-ring (bicyclic) bond motifs is 1. The van der Waals surface area contributed by atoms with E-state index >= 15 is 0 Å². The molecular formula is C28H26F3N3O2. The lowest BCUT2D eigenvalue weighted by molar-refractivity contribution is -0.274. The van der Waals surface area contributed by atoms with Gasteiger partial charge in [-0.2, -0.15) is 0 Å². The second kappa shape index (κ2) is 9.33. The summed E-state index contributed by atoms with van der Waals surface area (Å²) in [6.45, 7) is 2.06. The molecule has 5 nitrogen and oxygen atoms in total. The van der Waals surface area contributed by atoms with E-state index in [-0.39, 0.29) is 17.2 Å². The number of carbonyl (C=O) groups excluding carboxylic acids is 1. The van der Waals surface area contributed by atoms with Gasteiger partial charge in [-0.25, -0.2) is 4.98 Å². The average Bonchev–Trinajstić information content (AvgIpc) is 3.35. The summed E-state index contributed by atoms with van der Waals surface area (Å²) >= 11 is 0. The zero-order valence-corrected chi connectivity index (χ0v) is 19.8. The smallest absolute Gasteiger partial charge is 0.406 e. The minimum absolute atomic E-state index is 0.271. The van der Waals surface area contributed by atoms with Crippen molar-refractivity contribution in [3.05, 3.63) is 83.7 Å². The summed E-state index contributed by atoms with van der Waals surface area (Å²) < 4.78 is 41.3. The molecule has 0 bridgehead atoms. The molecule has 1 aliphatic carbocycles. The topological polar surface area (TPSA) is 67.0 Å². The van der Waals surface area contributed by atoms with E-state index in [0.717, 1.165) is 77.7 Å². The van der Waals surface area contributed by atoms with Crippen LogP contribution in [0.25, 0.3) is 22.2 Å². The van der Waals surface area contributed by atoms with Gasteiger partial charge in [0, 0.05) is 28.4 Å². The first kappa shape index (κ1) is 23.9. The minimum Gasteiger partial charge on any atom is -0.406 e. The number of H-pyrrole nitrogens is 1. The number of amides is 1. The van der Waals surface area contributed by atoms with Gasteiger partial charge in [-0.3, -0.25) is 4.79 Å². The highest BCUT2D eigenvalue weighted by molar-refractivity contribution is 5.95. The molecule has 0 radical (unpaired) electrons. The Bertz CT molecular complexity index is 1390. The van der Waals surface area contributed by atoms with Crippen LogP contribution in [0.3, 0.4) is 0 Å². The number of benzene rings is 2. The van der Waals surface area contributed by atoms with Crippen molar-refractivity contribution >= 4 is 16.8 Å². The first-order valence-corrected chi connectivity index (χ1v) is 12.0. The summed E-state index contributed by atoms with van der Waals surface area (Å²) in [6.07, 6.45) is 1.66. The maximum atomic E-state index is 13.2. The lowest BCUT2D eigenvalue weighted by atomic mass is 9.79. The maximum Gasteiger partial charge on any atom is 0.573 e. The molecule has 5 rings (SSSR count). The van der Waals surface area contributed by atoms with Crippen molar-refractivity contribution in [2.75, 3.05) is 0 Å². The van der Waals surface area contributed by atoms with Gasteiger partial charge in [-0.1, -0.05) is 37.5 Å². The predicted octanol–water partition coefficient (Wildman–Crippen LogP) is 7.03. The number of alkyl halides is 3. The minimum atomic E-state index is -4.78. The number of aromatic amines is 1. The zero-order chi connectivity index (χ0) is 25.3. The summed E-state index contributed by atoms with van der Waals surface area (Å²) in [4.78, 5) is 21.4. The van der Waals surface area contributed by atoms with E-state index in [4.69, 9.17) is 4.98 Å². The van der Waals surface area contributed by atoms with Crippen LogP contribution in [0.4, 0.5) is 13.2 Å². The number of aryl methyl sites for hydroxylation is 1. The summed E-state index contributed by atoms with van der Waals surface area (Å²) in [5.41, 5.74) is 4.42. The van der Waals surface area contributed by atoms with Gasteiger partial charge in [-0.15, -0.1) is 13.2 Å². The van der Waals surface area contributed by atoms with Crippen molar-refractivity contribution in [2.45, 2.75) is 50.9 Å². The predicted molar refractivity (Wildman–Crippen MR) is 132 cm³/mol. The Balaban J connectivity index is 1.42. The van der Waals surface area contributed by atoms with Crippen LogP contribution in [0.15, 0.2) is 66.9 Å². The fourth-order valence-corrected chi connectivity index (χ4v) is 5.03. The molecule has 1 saturated carbocycles. The SMILES string of the molecule is Cc1cc(-c2c[nH]c(C3(NC(=O)c4ccc(OC(F)(F)F)cc4)CCCCC3)c2)nc2ccccc12. The maximum absolute atomic E-state index is 13.2. The van der Waals surface area contributed by atoms with Crippen LogP contribution < -0.4 is 10.1 Å². The van der Waals surface area contributed by atoms with Crippen LogP contribution in [0.1, 0.15) is 53.7 Å². The van der Waals surface area contributed by atoms with Gasteiger partial charge in [0.25, 0.3) is 5.91 Å². The Hall–Kier alpha value is -3.81. The van der Waals surface area contributed by atoms with E-state index in [0.29, 0.717) is 0 Å². The molecule has 0 aliphatic heterocycles. The van der Waals surface area contributed by atoms with E-state index in [9.17, 15) is 18.0 Å². The highest BCUT2D eigenvalue weighted by Gasteiger charge is 2.37. The van der Waals surface area contributed by atoms with E-state index < -0.39 is 11.9 Å². The molecule has 0 unspecified atom stereocenters. The van der Waals surface area contributed by atoms with E-state index in [1.165, 1.54) is 12.1 Å². The molecule has 1 aliphatic rings. The largest absolute Gasteiger partial charge is 0.573 e. The molecule has 2 heterocycles. The van der Waals surface area contributed by atoms with Crippen LogP contribution in [0, 0.1) is 6.92 Å². The summed E-state index contributed by atoms with van der Waals surface area (Å²) in [5, 5.41) is 4.30. The Morgan fingerprint density at radius 2 is 1.75 bits per heavy atom. The zero-order valence-electron chi connectivity index (χ0n) is 19.8. The van der Waals surface area contributed by atoms with Gasteiger partial charge in [0.15, 0.2) is 0 Å². The number of halogens is 3. The number of aromatic nitrogens is 2. The lowest BCUT2D eigenvalue weighted by Gasteiger charge is -2.37. The molecule has 36 heavy (non-hydrogen) atoms. The second-order valence-corrected chi connectivity index (χ2v) is 9.31. The fraction of sp³-hybridized carbons (Fsp3) is 0.286. The number of para-hydroxylation sites is 1. The summed E-state index contributed by atoms with van der Waals surface area (Å²) in [5.74, 6) is -0.704. The average molecular weight is 494 g/mol. The molecular weight excluding hydrogens is 467 g/mol. The summed E-state index contributed by atoms with van der Waals surface area (Å²) in [7, 11) is 0. The highest BCUT2D eigenvalue weighted by atomic mass is 19.4. The first-order valence-electron chi connectivity index (χ1n) is 12.0. The van der Waals surface area contributed by atoms with Crippen LogP contribution in [0.2, 0.25) is 0 Å². The third kappa shape index (κ3) is 4.94. The number of hydrogen-bond acceptors (Lipinski definition) is 3. The first-order chi connectivity index (χ1) is 17.2. The Morgan fingerprint density at radius 3 is 2.47 bits per heavy atom. The third-order valence-corrected chi connectivity index (χ3v) is 6.83. The number of rotatable bonds is 5. The third-order valence-electron chi connectivity index (χ3n) is 6.83. The van der Waals surface area contributed by atoms with E-state index in [1.54, 1.807) is 0 Å². The van der Waals surface area contributed by atoms with Crippen molar-refractivity contribution in [3.63, 3.8) is 0 Å². The number of nitrogens with zero attached hydrogens (tertiary/aromatic N) is 1. The Kier molecular flexibility index (Phi) is 6.20. The molecule has 2 aromatic carbocycles. The standard InChI is InChI=1S/C28H26F3N3O2/c1-18-15-24(33-23-8-4-3-7-22(18)23)20-16-25(32-17-20)27(13-5-2-6-14-27)34-26(35)19-9-11-21(12-10-19)36-28(29,30)31/h3-4,7-12,15-17,32H,2,5-6,13-14H2,1H3,(H,34,35). The van der Waals surface area contributed by atoms with Gasteiger partial charge >= 0.3 is 6.36 Å². The second-order valence-electron chi connectivity index (χ2n) is 9.31. The molecule has 186 valence electrons. The van der Waals surface area contributed by atoms with Crippen LogP contribution >= 0.6 is 0 Å². The molecule has 0 saturated heterocycles. The number of pyridine rings is 1. The molecule has 2 aromatic heterocycles. The lowest BCUT2D eigenvalue weighted by Crippen LogP contribution is -2.47. The van der Waals surface area contributed by atoms with E-state index in [2.05, 4.69) is 34.1 Å². The van der Waals surface area contributed by atoms with Crippen LogP contribution in [0.5, 0.6) is 5.75 Å². The van der Waals surface area contributed by atoms with Crippen molar-refractivity contribution < 1.29 is 22.7 Å². The van der Waals surface area contributed by atoms with Crippen LogP contribution in [-0.2, 0) is 5.54 Å². The van der Waals surface area contributed by atoms with Gasteiger partial charge in [0.2, 0.25) is 0 Å². The summed E-state index contributed by atoms with van der Waals surface area (Å²) in [6, 6.07) is 17.1. The van der Waals surface area contributed by atoms with Gasteiger partial charge in [0.1, 0.15) is 5.75 Å². The molecule has 0 spiro atoms. The number of hydrogen-bond donors (Lipinski definition) is 2. The van der Waals surface area contributed by atoms with E-state index in [1.807, 2.05) is 30.5 Å². The number of carbonyl (C=O) groups is 1. The number of ether oxygens (including phenoxy) is 1. The molecule has 0 atom stereocenters. The normalized spacial score (nSPS) is 15.6.